The van der Waals surface area contributed by atoms with E-state index in [2.05, 4.69) is 274 Å². The van der Waals surface area contributed by atoms with Crippen molar-refractivity contribution in [3.8, 4) is 27.9 Å². The zero-order valence-electron chi connectivity index (χ0n) is 44.6. The Morgan fingerprint density at radius 1 is 0.521 bits per heavy atom. The summed E-state index contributed by atoms with van der Waals surface area (Å²) < 4.78 is 2.56. The van der Waals surface area contributed by atoms with E-state index in [1.54, 1.807) is 0 Å². The zero-order chi connectivity index (χ0) is 50.8. The van der Waals surface area contributed by atoms with E-state index < -0.39 is 0 Å². The molecule has 0 amide bonds. The highest BCUT2D eigenvalue weighted by atomic mass is 15.1. The average molecular weight is 949 g/mol. The molecule has 0 saturated carbocycles. The molecule has 0 bridgehead atoms. The molecule has 0 atom stereocenters. The fourth-order valence-corrected chi connectivity index (χ4v) is 12.1. The standard InChI is InChI=1S/C69H67BN3/c1-43-38-56-57(69(10,11)37-36-68(56,8)9)42-59(43)71-60-41-51(72(49-29-25-47(26-30-49)66(2,3)4)50-31-27-48(28-32-50)67(5,6)7)33-34-53(60)55-39-46(44-18-13-12-14-19-44)40-62-64(55)70-58-23-17-22-54-63-52-21-16-15-20-45(52)24-35-61(63)73(62)65(54)58/h12-35,38-42,71H,36-37H2,1-11H3. The largest absolute Gasteiger partial charge is 0.355 e. The van der Waals surface area contributed by atoms with Crippen molar-refractivity contribution < 1.29 is 0 Å². The van der Waals surface area contributed by atoms with E-state index in [1.165, 1.54) is 100 Å². The summed E-state index contributed by atoms with van der Waals surface area (Å²) >= 11 is 0. The minimum absolute atomic E-state index is 0.0322. The van der Waals surface area contributed by atoms with Crippen LogP contribution in [0.4, 0.5) is 28.4 Å². The first kappa shape index (κ1) is 46.8. The summed E-state index contributed by atoms with van der Waals surface area (Å²) in [7, 11) is 2.45. The highest BCUT2D eigenvalue weighted by molar-refractivity contribution is 6.73. The van der Waals surface area contributed by atoms with E-state index >= 15 is 0 Å². The van der Waals surface area contributed by atoms with Gasteiger partial charge in [-0.15, -0.1) is 0 Å². The first-order chi connectivity index (χ1) is 34.8. The Hall–Kier alpha value is -7.30. The first-order valence-electron chi connectivity index (χ1n) is 26.5. The van der Waals surface area contributed by atoms with Gasteiger partial charge in [0.2, 0.25) is 0 Å². The lowest BCUT2D eigenvalue weighted by molar-refractivity contribution is 0.332. The number of aryl methyl sites for hydroxylation is 1. The molecular formula is C69H67BN3. The van der Waals surface area contributed by atoms with Gasteiger partial charge in [-0.2, -0.15) is 0 Å². The predicted molar refractivity (Wildman–Crippen MR) is 316 cm³/mol. The summed E-state index contributed by atoms with van der Waals surface area (Å²) in [6.07, 6.45) is 2.33. The number of hydrogen-bond acceptors (Lipinski definition) is 2. The quantitative estimate of drug-likeness (QED) is 0.161. The zero-order valence-corrected chi connectivity index (χ0v) is 44.6. The van der Waals surface area contributed by atoms with E-state index in [0.717, 1.165) is 40.4 Å². The minimum atomic E-state index is 0.0322. The molecule has 0 saturated heterocycles. The molecule has 1 aliphatic carbocycles. The molecule has 0 fully saturated rings. The Kier molecular flexibility index (Phi) is 10.8. The van der Waals surface area contributed by atoms with Crippen molar-refractivity contribution in [3.63, 3.8) is 0 Å². The fraction of sp³-hybridized carbons (Fsp3) is 0.246. The molecule has 0 unspecified atom stereocenters. The van der Waals surface area contributed by atoms with Crippen molar-refractivity contribution in [3.05, 3.63) is 204 Å². The number of nitrogens with one attached hydrogen (secondary N) is 1. The number of aromatic nitrogens is 1. The number of nitrogens with zero attached hydrogens (tertiary/aromatic N) is 2. The Balaban J connectivity index is 1.13. The normalized spacial score (nSPS) is 14.7. The monoisotopic (exact) mass is 949 g/mol. The maximum absolute atomic E-state index is 4.21. The number of fused-ring (bicyclic) bond motifs is 8. The Labute approximate surface area is 434 Å². The van der Waals surface area contributed by atoms with Crippen LogP contribution in [0.1, 0.15) is 110 Å². The molecule has 73 heavy (non-hydrogen) atoms. The summed E-state index contributed by atoms with van der Waals surface area (Å²) in [4.78, 5) is 2.43. The summed E-state index contributed by atoms with van der Waals surface area (Å²) in [6, 6.07) is 66.6. The Bertz CT molecular complexity index is 3740. The number of benzene rings is 9. The number of rotatable bonds is 7. The highest BCUT2D eigenvalue weighted by Gasteiger charge is 2.38. The van der Waals surface area contributed by atoms with Gasteiger partial charge in [0.25, 0.3) is 0 Å². The van der Waals surface area contributed by atoms with Crippen LogP contribution in [0.2, 0.25) is 0 Å². The lowest BCUT2D eigenvalue weighted by atomic mass is 9.58. The van der Waals surface area contributed by atoms with Crippen LogP contribution in [0.25, 0.3) is 60.5 Å². The van der Waals surface area contributed by atoms with Gasteiger partial charge in [-0.3, -0.25) is 0 Å². The maximum atomic E-state index is 4.21. The molecule has 1 radical (unpaired) electrons. The topological polar surface area (TPSA) is 20.2 Å². The van der Waals surface area contributed by atoms with Crippen LogP contribution >= 0.6 is 0 Å². The lowest BCUT2D eigenvalue weighted by Crippen LogP contribution is -2.37. The van der Waals surface area contributed by atoms with Crippen LogP contribution in [0.15, 0.2) is 176 Å². The molecular weight excluding hydrogens is 882 g/mol. The van der Waals surface area contributed by atoms with Crippen LogP contribution in [-0.2, 0) is 21.7 Å². The molecule has 12 rings (SSSR count). The molecule has 9 aromatic carbocycles. The Morgan fingerprint density at radius 2 is 1.12 bits per heavy atom. The van der Waals surface area contributed by atoms with E-state index in [4.69, 9.17) is 0 Å². The molecule has 1 aliphatic heterocycles. The second-order valence-corrected chi connectivity index (χ2v) is 24.5. The van der Waals surface area contributed by atoms with Gasteiger partial charge in [-0.05, 0) is 163 Å². The van der Waals surface area contributed by atoms with E-state index in [-0.39, 0.29) is 21.7 Å². The molecule has 4 heteroatoms. The van der Waals surface area contributed by atoms with Crippen LogP contribution in [0.5, 0.6) is 0 Å². The molecule has 2 heterocycles. The molecule has 1 aromatic heterocycles. The van der Waals surface area contributed by atoms with E-state index in [1.807, 2.05) is 0 Å². The summed E-state index contributed by atoms with van der Waals surface area (Å²) in [6.45, 7) is 25.7. The number of para-hydroxylation sites is 1. The average Bonchev–Trinajstić information content (AvgIpc) is 3.72. The van der Waals surface area contributed by atoms with Gasteiger partial charge in [-0.25, -0.2) is 0 Å². The fourth-order valence-electron chi connectivity index (χ4n) is 12.1. The third-order valence-corrected chi connectivity index (χ3v) is 16.5. The van der Waals surface area contributed by atoms with Gasteiger partial charge < -0.3 is 14.8 Å². The van der Waals surface area contributed by atoms with E-state index in [9.17, 15) is 0 Å². The first-order valence-corrected chi connectivity index (χ1v) is 26.5. The number of anilines is 5. The summed E-state index contributed by atoms with van der Waals surface area (Å²) in [5.41, 5.74) is 23.3. The van der Waals surface area contributed by atoms with Crippen molar-refractivity contribution in [1.82, 2.24) is 4.57 Å². The van der Waals surface area contributed by atoms with Crippen LogP contribution in [0, 0.1) is 6.92 Å². The van der Waals surface area contributed by atoms with Gasteiger partial charge in [0.05, 0.1) is 5.52 Å². The third-order valence-electron chi connectivity index (χ3n) is 16.5. The lowest BCUT2D eigenvalue weighted by Gasteiger charge is -2.42. The molecule has 3 nitrogen and oxygen atoms in total. The van der Waals surface area contributed by atoms with Crippen molar-refractivity contribution >= 4 is 79.2 Å². The van der Waals surface area contributed by atoms with Gasteiger partial charge in [0.15, 0.2) is 7.28 Å². The van der Waals surface area contributed by atoms with Crippen molar-refractivity contribution in [2.45, 2.75) is 111 Å². The SMILES string of the molecule is Cc1cc2c(cc1Nc1cc(N(c3ccc(C(C)(C)C)cc3)c3ccc(C(C)(C)C)cc3)ccc1-c1cc(-c3ccccc3)cc3c1[B]c1cccc4c5c6ccccc6ccc5n-3c14)C(C)(C)CCC2(C)C. The smallest absolute Gasteiger partial charge is 0.197 e. The maximum Gasteiger partial charge on any atom is 0.197 e. The molecule has 2 aliphatic rings. The van der Waals surface area contributed by atoms with Crippen molar-refractivity contribution in [1.29, 1.82) is 0 Å². The minimum Gasteiger partial charge on any atom is -0.355 e. The Morgan fingerprint density at radius 3 is 1.78 bits per heavy atom. The van der Waals surface area contributed by atoms with E-state index in [0.29, 0.717) is 0 Å². The molecule has 10 aromatic rings. The highest BCUT2D eigenvalue weighted by Crippen LogP contribution is 2.49. The molecule has 361 valence electrons. The second kappa shape index (κ2) is 16.9. The van der Waals surface area contributed by atoms with Gasteiger partial charge >= 0.3 is 0 Å². The van der Waals surface area contributed by atoms with Crippen LogP contribution < -0.4 is 21.1 Å². The predicted octanol–water partition coefficient (Wildman–Crippen LogP) is 17.7. The van der Waals surface area contributed by atoms with Crippen molar-refractivity contribution in [2.75, 3.05) is 10.2 Å². The summed E-state index contributed by atoms with van der Waals surface area (Å²) in [5.74, 6) is 0. The molecule has 1 N–H and O–H groups in total. The van der Waals surface area contributed by atoms with Gasteiger partial charge in [0, 0.05) is 56.0 Å². The third kappa shape index (κ3) is 7.97. The molecule has 0 spiro atoms. The van der Waals surface area contributed by atoms with Gasteiger partial charge in [0.1, 0.15) is 0 Å². The van der Waals surface area contributed by atoms with Gasteiger partial charge in [-0.1, -0.05) is 190 Å². The van der Waals surface area contributed by atoms with Crippen LogP contribution in [0.3, 0.4) is 0 Å². The number of hydrogen-bond donors (Lipinski definition) is 1. The van der Waals surface area contributed by atoms with Crippen LogP contribution in [-0.4, -0.2) is 11.8 Å². The summed E-state index contributed by atoms with van der Waals surface area (Å²) in [5, 5.41) is 9.33. The second-order valence-electron chi connectivity index (χ2n) is 24.5. The van der Waals surface area contributed by atoms with Crippen molar-refractivity contribution in [2.24, 2.45) is 0 Å².